The van der Waals surface area contributed by atoms with Gasteiger partial charge in [-0.2, -0.15) is 5.21 Å². The molecule has 13 heteroatoms. The first-order valence-electron chi connectivity index (χ1n) is 12.2. The summed E-state index contributed by atoms with van der Waals surface area (Å²) in [6.45, 7) is -0.345. The van der Waals surface area contributed by atoms with Crippen LogP contribution in [-0.4, -0.2) is 68.7 Å². The Morgan fingerprint density at radius 1 is 1.11 bits per heavy atom. The molecule has 3 heterocycles. The summed E-state index contributed by atoms with van der Waals surface area (Å²) in [6, 6.07) is 11.1. The third kappa shape index (κ3) is 6.37. The van der Waals surface area contributed by atoms with E-state index in [4.69, 9.17) is 25.8 Å². The summed E-state index contributed by atoms with van der Waals surface area (Å²) in [4.78, 5) is 27.0. The fraction of sp³-hybridized carbons (Fsp3) is 0.400. The van der Waals surface area contributed by atoms with Crippen LogP contribution in [0.15, 0.2) is 42.5 Å². The van der Waals surface area contributed by atoms with Crippen molar-refractivity contribution >= 4 is 29.4 Å². The number of hydrogen-bond acceptors (Lipinski definition) is 8. The quantitative estimate of drug-likeness (QED) is 0.398. The van der Waals surface area contributed by atoms with Gasteiger partial charge in [0.1, 0.15) is 30.0 Å². The molecule has 2 bridgehead atoms. The van der Waals surface area contributed by atoms with E-state index in [0.717, 1.165) is 12.8 Å². The van der Waals surface area contributed by atoms with Gasteiger partial charge in [0.2, 0.25) is 0 Å². The van der Waals surface area contributed by atoms with Gasteiger partial charge in [0.25, 0.3) is 17.8 Å². The average Bonchev–Trinajstić information content (AvgIpc) is 3.50. The average molecular weight is 545 g/mol. The topological polar surface area (TPSA) is 132 Å². The zero-order valence-electron chi connectivity index (χ0n) is 20.3. The second kappa shape index (κ2) is 11.7. The van der Waals surface area contributed by atoms with Crippen molar-refractivity contribution in [2.24, 2.45) is 0 Å². The van der Waals surface area contributed by atoms with Crippen molar-refractivity contribution in [3.63, 3.8) is 0 Å². The highest BCUT2D eigenvalue weighted by Gasteiger charge is 2.44. The number of H-pyrrole nitrogens is 1. The minimum absolute atomic E-state index is 0.0276. The molecule has 2 fully saturated rings. The number of nitrogens with zero attached hydrogens (tertiary/aromatic N) is 4. The molecule has 3 atom stereocenters. The number of hydrogen-bond donors (Lipinski definition) is 2. The van der Waals surface area contributed by atoms with E-state index < -0.39 is 5.91 Å². The van der Waals surface area contributed by atoms with E-state index in [2.05, 4.69) is 25.9 Å². The molecule has 1 unspecified atom stereocenters. The zero-order valence-corrected chi connectivity index (χ0v) is 21.1. The largest absolute Gasteiger partial charge is 0.490 e. The maximum absolute atomic E-state index is 13.2. The van der Waals surface area contributed by atoms with Crippen molar-refractivity contribution in [1.29, 1.82) is 0 Å². The van der Waals surface area contributed by atoms with Gasteiger partial charge in [-0.15, -0.1) is 5.10 Å². The third-order valence-electron chi connectivity index (χ3n) is 6.56. The van der Waals surface area contributed by atoms with E-state index in [9.17, 15) is 14.0 Å². The molecule has 2 amide bonds. The number of aromatic nitrogens is 4. The number of benzene rings is 2. The van der Waals surface area contributed by atoms with Gasteiger partial charge in [-0.1, -0.05) is 16.7 Å². The smallest absolute Gasteiger partial charge is 0.269 e. The summed E-state index contributed by atoms with van der Waals surface area (Å²) < 4.78 is 30.6. The van der Waals surface area contributed by atoms with Crippen LogP contribution in [0.2, 0.25) is 5.02 Å². The van der Waals surface area contributed by atoms with Crippen molar-refractivity contribution in [3.05, 3.63) is 58.9 Å². The van der Waals surface area contributed by atoms with Gasteiger partial charge >= 0.3 is 0 Å². The zero-order chi connectivity index (χ0) is 26.5. The predicted molar refractivity (Wildman–Crippen MR) is 133 cm³/mol. The molecule has 2 aromatic carbocycles. The second-order valence-electron chi connectivity index (χ2n) is 9.17. The number of nitrogens with one attached hydrogen (secondary N) is 2. The maximum atomic E-state index is 13.2. The van der Waals surface area contributed by atoms with Crippen LogP contribution < -0.4 is 14.8 Å². The first kappa shape index (κ1) is 25.9. The molecule has 0 radical (unpaired) electrons. The number of fused-ring (bicyclic) bond motifs is 2. The maximum Gasteiger partial charge on any atom is 0.269 e. The second-order valence-corrected chi connectivity index (χ2v) is 9.60. The summed E-state index contributed by atoms with van der Waals surface area (Å²) in [5, 5.41) is 15.8. The molecule has 2 aliphatic rings. The monoisotopic (exact) mass is 544 g/mol. The first-order chi connectivity index (χ1) is 18.4. The van der Waals surface area contributed by atoms with Crippen LogP contribution in [0.3, 0.4) is 0 Å². The number of carbonyl (C=O) groups excluding carboxylic acids is 2. The van der Waals surface area contributed by atoms with Gasteiger partial charge in [-0.3, -0.25) is 14.9 Å². The van der Waals surface area contributed by atoms with Gasteiger partial charge in [0.15, 0.2) is 6.61 Å². The van der Waals surface area contributed by atoms with Gasteiger partial charge in [0.05, 0.1) is 6.61 Å². The summed E-state index contributed by atoms with van der Waals surface area (Å²) in [5.41, 5.74) is 0.604. The lowest BCUT2D eigenvalue weighted by molar-refractivity contribution is -0.139. The molecule has 2 N–H and O–H groups in total. The van der Waals surface area contributed by atoms with Crippen molar-refractivity contribution in [3.8, 4) is 11.5 Å². The SMILES string of the molecule is O=C(COCc1cc(Cl)ccc1OCC(=O)N1[C@@H]2CC[C@H]1CC(Oc1ccc(F)cc1)C2)Nc1nn[nH]n1. The van der Waals surface area contributed by atoms with E-state index in [1.165, 1.54) is 12.1 Å². The van der Waals surface area contributed by atoms with E-state index in [-0.39, 0.29) is 55.7 Å². The Labute approximate surface area is 222 Å². The number of carbonyl (C=O) groups is 2. The van der Waals surface area contributed by atoms with Crippen molar-refractivity contribution in [2.75, 3.05) is 18.5 Å². The number of rotatable bonds is 10. The van der Waals surface area contributed by atoms with Gasteiger partial charge in [-0.25, -0.2) is 4.39 Å². The third-order valence-corrected chi connectivity index (χ3v) is 6.79. The lowest BCUT2D eigenvalue weighted by Gasteiger charge is -2.38. The Balaban J connectivity index is 1.13. The van der Waals surface area contributed by atoms with E-state index in [0.29, 0.717) is 34.9 Å². The molecule has 0 saturated carbocycles. The minimum Gasteiger partial charge on any atom is -0.490 e. The number of tetrazole rings is 1. The summed E-state index contributed by atoms with van der Waals surface area (Å²) in [5.74, 6) is 0.266. The van der Waals surface area contributed by atoms with Crippen LogP contribution in [0, 0.1) is 5.82 Å². The number of ether oxygens (including phenoxy) is 3. The Bertz CT molecular complexity index is 1250. The Kier molecular flexibility index (Phi) is 7.99. The number of anilines is 1. The van der Waals surface area contributed by atoms with Crippen molar-refractivity contribution in [2.45, 2.75) is 50.5 Å². The molecule has 38 heavy (non-hydrogen) atoms. The molecule has 2 aliphatic heterocycles. The van der Waals surface area contributed by atoms with Crippen LogP contribution in [0.1, 0.15) is 31.2 Å². The molecule has 1 aromatic heterocycles. The van der Waals surface area contributed by atoms with Gasteiger partial charge in [-0.05, 0) is 60.5 Å². The number of piperidine rings is 1. The molecule has 2 saturated heterocycles. The highest BCUT2D eigenvalue weighted by atomic mass is 35.5. The Morgan fingerprint density at radius 2 is 1.87 bits per heavy atom. The summed E-state index contributed by atoms with van der Waals surface area (Å²) in [7, 11) is 0. The van der Waals surface area contributed by atoms with Crippen LogP contribution in [-0.2, 0) is 20.9 Å². The van der Waals surface area contributed by atoms with Gasteiger partial charge < -0.3 is 19.1 Å². The molecular weight excluding hydrogens is 519 g/mol. The highest BCUT2D eigenvalue weighted by molar-refractivity contribution is 6.30. The summed E-state index contributed by atoms with van der Waals surface area (Å²) >= 11 is 6.14. The standard InChI is InChI=1S/C25H26ClFN6O5/c26-16-1-8-22(15(9-16)12-36-13-23(34)28-25-29-31-32-30-25)37-14-24(35)33-18-4-5-19(33)11-21(10-18)38-20-6-2-17(27)3-7-20/h1-3,6-9,18-19,21H,4-5,10-14H2,(H2,28,29,30,31,32,34)/t18-,19+,21?. The summed E-state index contributed by atoms with van der Waals surface area (Å²) in [6.07, 6.45) is 3.22. The number of amides is 2. The fourth-order valence-electron chi connectivity index (χ4n) is 4.98. The molecule has 11 nitrogen and oxygen atoms in total. The molecule has 200 valence electrons. The lowest BCUT2D eigenvalue weighted by atomic mass is 9.99. The number of aromatic amines is 1. The molecular formula is C25H26ClFN6O5. The van der Waals surface area contributed by atoms with E-state index in [1.54, 1.807) is 30.3 Å². The van der Waals surface area contributed by atoms with Crippen LogP contribution in [0.5, 0.6) is 11.5 Å². The van der Waals surface area contributed by atoms with E-state index >= 15 is 0 Å². The van der Waals surface area contributed by atoms with Crippen LogP contribution >= 0.6 is 11.6 Å². The van der Waals surface area contributed by atoms with Crippen LogP contribution in [0.4, 0.5) is 10.3 Å². The molecule has 3 aromatic rings. The highest BCUT2D eigenvalue weighted by Crippen LogP contribution is 2.37. The Morgan fingerprint density at radius 3 is 2.58 bits per heavy atom. The van der Waals surface area contributed by atoms with E-state index in [1.807, 2.05) is 4.90 Å². The fourth-order valence-corrected chi connectivity index (χ4v) is 5.18. The van der Waals surface area contributed by atoms with Crippen molar-refractivity contribution in [1.82, 2.24) is 25.5 Å². The Hall–Kier alpha value is -3.77. The molecule has 0 spiro atoms. The minimum atomic E-state index is -0.451. The molecule has 0 aliphatic carbocycles. The first-order valence-corrected chi connectivity index (χ1v) is 12.6. The van der Waals surface area contributed by atoms with Crippen LogP contribution in [0.25, 0.3) is 0 Å². The molecule has 5 rings (SSSR count). The van der Waals surface area contributed by atoms with Gasteiger partial charge in [0, 0.05) is 35.5 Å². The normalized spacial score (nSPS) is 20.3. The van der Waals surface area contributed by atoms with Crippen molar-refractivity contribution < 1.29 is 28.2 Å². The lowest BCUT2D eigenvalue weighted by Crippen LogP contribution is -2.50. The number of halogens is 2. The predicted octanol–water partition coefficient (Wildman–Crippen LogP) is 3.13.